The van der Waals surface area contributed by atoms with Gasteiger partial charge in [-0.15, -0.1) is 0 Å². The normalized spacial score (nSPS) is 14.5. The molecule has 1 N–H and O–H groups in total. The van der Waals surface area contributed by atoms with Crippen molar-refractivity contribution in [2.24, 2.45) is 0 Å². The van der Waals surface area contributed by atoms with Gasteiger partial charge in [-0.2, -0.15) is 0 Å². The van der Waals surface area contributed by atoms with Crippen LogP contribution < -0.4 is 9.62 Å². The van der Waals surface area contributed by atoms with Gasteiger partial charge in [0.2, 0.25) is 0 Å². The summed E-state index contributed by atoms with van der Waals surface area (Å²) in [4.78, 5) is 7.04. The van der Waals surface area contributed by atoms with Crippen LogP contribution in [-0.2, 0) is 10.0 Å². The van der Waals surface area contributed by atoms with Crippen LogP contribution in [0.4, 0.5) is 11.4 Å². The number of sulfonamides is 1. The number of aromatic nitrogens is 1. The number of nitrogens with one attached hydrogen (secondary N) is 1. The third-order valence-corrected chi connectivity index (χ3v) is 6.11. The smallest absolute Gasteiger partial charge is 0.262 e. The van der Waals surface area contributed by atoms with E-state index in [4.69, 9.17) is 0 Å². The van der Waals surface area contributed by atoms with Crippen molar-refractivity contribution in [3.8, 4) is 11.1 Å². The molecule has 1 aliphatic heterocycles. The zero-order valence-electron chi connectivity index (χ0n) is 14.2. The van der Waals surface area contributed by atoms with Crippen LogP contribution in [0.2, 0.25) is 0 Å². The second-order valence-corrected chi connectivity index (χ2v) is 7.64. The van der Waals surface area contributed by atoms with Gasteiger partial charge >= 0.3 is 0 Å². The average molecular weight is 353 g/mol. The molecule has 5 nitrogen and oxygen atoms in total. The van der Waals surface area contributed by atoms with Crippen LogP contribution in [0.3, 0.4) is 0 Å². The van der Waals surface area contributed by atoms with Gasteiger partial charge in [0.15, 0.2) is 0 Å². The molecule has 25 heavy (non-hydrogen) atoms. The fourth-order valence-corrected chi connectivity index (χ4v) is 4.80. The first-order valence-electron chi connectivity index (χ1n) is 8.35. The van der Waals surface area contributed by atoms with E-state index in [-0.39, 0.29) is 0 Å². The van der Waals surface area contributed by atoms with Crippen molar-refractivity contribution >= 4 is 32.3 Å². The predicted molar refractivity (Wildman–Crippen MR) is 102 cm³/mol. The van der Waals surface area contributed by atoms with Gasteiger partial charge in [-0.25, -0.2) is 8.42 Å². The predicted octanol–water partition coefficient (Wildman–Crippen LogP) is 3.86. The minimum Gasteiger partial charge on any atom is -0.371 e. The Morgan fingerprint density at radius 1 is 1.00 bits per heavy atom. The Morgan fingerprint density at radius 3 is 2.52 bits per heavy atom. The molecule has 0 aliphatic carbocycles. The lowest BCUT2D eigenvalue weighted by Gasteiger charge is -2.26. The fraction of sp³-hybridized carbons (Fsp3) is 0.211. The van der Waals surface area contributed by atoms with E-state index in [0.29, 0.717) is 21.7 Å². The standard InChI is InChI=1S/C19H19N3O2S/c1-3-22(4-2)16-11-12-20-18-15(16)10-9-14-13-7-5-6-8-17(13)25(23,24)21-19(14)18/h5-12,21H,3-4H2,1-2H3. The van der Waals surface area contributed by atoms with Gasteiger partial charge < -0.3 is 4.90 Å². The number of hydrogen-bond acceptors (Lipinski definition) is 4. The van der Waals surface area contributed by atoms with Crippen molar-refractivity contribution in [2.75, 3.05) is 22.7 Å². The molecule has 0 fully saturated rings. The highest BCUT2D eigenvalue weighted by Crippen LogP contribution is 2.43. The van der Waals surface area contributed by atoms with Gasteiger partial charge in [-0.3, -0.25) is 9.71 Å². The lowest BCUT2D eigenvalue weighted by Crippen LogP contribution is -2.22. The molecule has 0 unspecified atom stereocenters. The molecule has 0 amide bonds. The van der Waals surface area contributed by atoms with Crippen LogP contribution in [0.25, 0.3) is 22.0 Å². The summed E-state index contributed by atoms with van der Waals surface area (Å²) in [6, 6.07) is 13.1. The van der Waals surface area contributed by atoms with Crippen molar-refractivity contribution in [2.45, 2.75) is 18.7 Å². The maximum atomic E-state index is 12.7. The molecule has 0 saturated heterocycles. The zero-order valence-corrected chi connectivity index (χ0v) is 15.0. The van der Waals surface area contributed by atoms with Crippen LogP contribution in [0.15, 0.2) is 53.6 Å². The Hall–Kier alpha value is -2.60. The summed E-state index contributed by atoms with van der Waals surface area (Å²) >= 11 is 0. The molecule has 4 rings (SSSR count). The molecular formula is C19H19N3O2S. The summed E-state index contributed by atoms with van der Waals surface area (Å²) in [6.07, 6.45) is 1.74. The Kier molecular flexibility index (Phi) is 3.65. The van der Waals surface area contributed by atoms with Crippen LogP contribution in [0.5, 0.6) is 0 Å². The van der Waals surface area contributed by atoms with E-state index < -0.39 is 10.0 Å². The van der Waals surface area contributed by atoms with E-state index in [1.165, 1.54) is 0 Å². The Bertz CT molecular complexity index is 1070. The van der Waals surface area contributed by atoms with E-state index in [2.05, 4.69) is 28.5 Å². The third-order valence-electron chi connectivity index (χ3n) is 4.70. The molecule has 2 heterocycles. The summed E-state index contributed by atoms with van der Waals surface area (Å²) in [5, 5.41) is 0.951. The second kappa shape index (κ2) is 5.74. The minimum atomic E-state index is -3.59. The van der Waals surface area contributed by atoms with Crippen molar-refractivity contribution in [1.82, 2.24) is 4.98 Å². The van der Waals surface area contributed by atoms with Crippen LogP contribution >= 0.6 is 0 Å². The van der Waals surface area contributed by atoms with Crippen molar-refractivity contribution in [3.05, 3.63) is 48.7 Å². The number of hydrogen-bond donors (Lipinski definition) is 1. The molecule has 3 aromatic rings. The van der Waals surface area contributed by atoms with Gasteiger partial charge in [-0.1, -0.05) is 24.3 Å². The maximum absolute atomic E-state index is 12.7. The lowest BCUT2D eigenvalue weighted by atomic mass is 10.00. The minimum absolute atomic E-state index is 0.307. The summed E-state index contributed by atoms with van der Waals surface area (Å²) in [5.74, 6) is 0. The molecule has 1 aromatic heterocycles. The number of fused-ring (bicyclic) bond motifs is 5. The Balaban J connectivity index is 2.05. The lowest BCUT2D eigenvalue weighted by molar-refractivity contribution is 0.601. The quantitative estimate of drug-likeness (QED) is 0.777. The first kappa shape index (κ1) is 15.9. The van der Waals surface area contributed by atoms with Crippen molar-refractivity contribution in [3.63, 3.8) is 0 Å². The fourth-order valence-electron chi connectivity index (χ4n) is 3.48. The molecule has 1 aliphatic rings. The molecule has 0 saturated carbocycles. The summed E-state index contributed by atoms with van der Waals surface area (Å²) in [6.45, 7) is 5.96. The monoisotopic (exact) mass is 353 g/mol. The van der Waals surface area contributed by atoms with Gasteiger partial charge in [0, 0.05) is 41.5 Å². The summed E-state index contributed by atoms with van der Waals surface area (Å²) < 4.78 is 28.1. The van der Waals surface area contributed by atoms with Gasteiger partial charge in [0.25, 0.3) is 10.0 Å². The number of pyridine rings is 1. The number of anilines is 2. The molecule has 6 heteroatoms. The topological polar surface area (TPSA) is 62.3 Å². The van der Waals surface area contributed by atoms with Crippen LogP contribution in [0.1, 0.15) is 13.8 Å². The highest BCUT2D eigenvalue weighted by Gasteiger charge is 2.29. The maximum Gasteiger partial charge on any atom is 0.262 e. The van der Waals surface area contributed by atoms with Gasteiger partial charge in [0.05, 0.1) is 16.1 Å². The van der Waals surface area contributed by atoms with Crippen LogP contribution in [0, 0.1) is 0 Å². The van der Waals surface area contributed by atoms with Crippen LogP contribution in [-0.4, -0.2) is 26.5 Å². The van der Waals surface area contributed by atoms with Gasteiger partial charge in [0.1, 0.15) is 0 Å². The first-order chi connectivity index (χ1) is 12.1. The van der Waals surface area contributed by atoms with E-state index in [0.717, 1.165) is 29.7 Å². The van der Waals surface area contributed by atoms with Crippen molar-refractivity contribution < 1.29 is 8.42 Å². The Labute approximate surface area is 147 Å². The zero-order chi connectivity index (χ0) is 17.6. The van der Waals surface area contributed by atoms with Crippen molar-refractivity contribution in [1.29, 1.82) is 0 Å². The molecule has 0 spiro atoms. The molecule has 0 radical (unpaired) electrons. The highest BCUT2D eigenvalue weighted by atomic mass is 32.2. The molecule has 0 bridgehead atoms. The van der Waals surface area contributed by atoms with E-state index in [9.17, 15) is 8.42 Å². The third kappa shape index (κ3) is 2.36. The number of nitrogens with zero attached hydrogens (tertiary/aromatic N) is 2. The molecule has 2 aromatic carbocycles. The molecular weight excluding hydrogens is 334 g/mol. The summed E-state index contributed by atoms with van der Waals surface area (Å²) in [5.41, 5.74) is 3.89. The molecule has 128 valence electrons. The SMILES string of the molecule is CCN(CC)c1ccnc2c3c(ccc12)-c1ccccc1S(=O)(=O)N3. The molecule has 0 atom stereocenters. The largest absolute Gasteiger partial charge is 0.371 e. The first-order valence-corrected chi connectivity index (χ1v) is 9.84. The second-order valence-electron chi connectivity index (χ2n) is 5.99. The van der Waals surface area contributed by atoms with Gasteiger partial charge in [-0.05, 0) is 32.0 Å². The van der Waals surface area contributed by atoms with E-state index in [1.54, 1.807) is 18.3 Å². The highest BCUT2D eigenvalue weighted by molar-refractivity contribution is 7.93. The average Bonchev–Trinajstić information content (AvgIpc) is 2.63. The van der Waals surface area contributed by atoms with E-state index in [1.807, 2.05) is 30.3 Å². The number of benzene rings is 2. The van der Waals surface area contributed by atoms with E-state index >= 15 is 0 Å². The number of rotatable bonds is 3. The Morgan fingerprint density at radius 2 is 1.76 bits per heavy atom. The summed E-state index contributed by atoms with van der Waals surface area (Å²) in [7, 11) is -3.59.